The summed E-state index contributed by atoms with van der Waals surface area (Å²) in [6.45, 7) is 5.37. The monoisotopic (exact) mass is 260 g/mol. The van der Waals surface area contributed by atoms with Gasteiger partial charge in [0.1, 0.15) is 17.1 Å². The first-order valence-electron chi connectivity index (χ1n) is 6.12. The van der Waals surface area contributed by atoms with Gasteiger partial charge < -0.3 is 8.85 Å². The summed E-state index contributed by atoms with van der Waals surface area (Å²) in [5, 5.41) is 0. The minimum atomic E-state index is -2.72. The summed E-state index contributed by atoms with van der Waals surface area (Å²) in [6, 6.07) is 0.599. The maximum Gasteiger partial charge on any atom is 0.355 e. The molecule has 0 N–H and O–H groups in total. The summed E-state index contributed by atoms with van der Waals surface area (Å²) >= 11 is 0. The highest BCUT2D eigenvalue weighted by molar-refractivity contribution is 6.76. The van der Waals surface area contributed by atoms with Crippen LogP contribution in [0.25, 0.3) is 0 Å². The van der Waals surface area contributed by atoms with E-state index in [1.165, 1.54) is 21.1 Å². The molecule has 0 aliphatic heterocycles. The van der Waals surface area contributed by atoms with Crippen molar-refractivity contribution in [2.45, 2.75) is 51.6 Å². The number of hydrogen-bond acceptors (Lipinski definition) is 4. The zero-order chi connectivity index (χ0) is 13.5. The van der Waals surface area contributed by atoms with Crippen LogP contribution in [0.2, 0.25) is 11.6 Å². The van der Waals surface area contributed by atoms with Crippen LogP contribution in [-0.2, 0) is 18.4 Å². The quantitative estimate of drug-likeness (QED) is 0.472. The summed E-state index contributed by atoms with van der Waals surface area (Å²) in [6.07, 6.45) is 2.18. The fourth-order valence-electron chi connectivity index (χ4n) is 2.09. The van der Waals surface area contributed by atoms with Crippen LogP contribution < -0.4 is 0 Å². The van der Waals surface area contributed by atoms with Crippen LogP contribution in [0.3, 0.4) is 0 Å². The Labute approximate surface area is 105 Å². The molecule has 0 aliphatic carbocycles. The summed E-state index contributed by atoms with van der Waals surface area (Å²) < 4.78 is 10.9. The minimum Gasteiger partial charge on any atom is -0.397 e. The number of Topliss-reactive ketones (excluding diaryl/α,β-unsaturated/α-hetero) is 2. The number of carbonyl (C=O) groups excluding carboxylic acids is 2. The van der Waals surface area contributed by atoms with E-state index in [0.717, 1.165) is 12.8 Å². The molecular weight excluding hydrogens is 236 g/mol. The van der Waals surface area contributed by atoms with Crippen LogP contribution in [0.4, 0.5) is 0 Å². The molecule has 1 unspecified atom stereocenters. The van der Waals surface area contributed by atoms with Crippen molar-refractivity contribution < 1.29 is 18.4 Å². The first kappa shape index (κ1) is 16.5. The van der Waals surface area contributed by atoms with Crippen LogP contribution in [0, 0.1) is 0 Å². The molecule has 0 aliphatic rings. The predicted molar refractivity (Wildman–Crippen MR) is 69.2 cm³/mol. The van der Waals surface area contributed by atoms with Gasteiger partial charge in [-0.25, -0.2) is 0 Å². The summed E-state index contributed by atoms with van der Waals surface area (Å²) in [4.78, 5) is 23.8. The third kappa shape index (κ3) is 4.01. The topological polar surface area (TPSA) is 52.6 Å². The van der Waals surface area contributed by atoms with E-state index in [2.05, 4.69) is 0 Å². The van der Waals surface area contributed by atoms with Crippen LogP contribution in [0.1, 0.15) is 40.0 Å². The zero-order valence-corrected chi connectivity index (χ0v) is 12.5. The van der Waals surface area contributed by atoms with Crippen LogP contribution >= 0.6 is 0 Å². The Morgan fingerprint density at radius 3 is 2.00 bits per heavy atom. The Hall–Kier alpha value is -0.523. The number of rotatable bonds is 9. The van der Waals surface area contributed by atoms with E-state index < -0.39 is 14.1 Å². The molecule has 5 heteroatoms. The molecule has 0 fully saturated rings. The number of ketones is 2. The Morgan fingerprint density at radius 1 is 1.18 bits per heavy atom. The van der Waals surface area contributed by atoms with Gasteiger partial charge in [-0.1, -0.05) is 20.3 Å². The van der Waals surface area contributed by atoms with E-state index in [9.17, 15) is 9.59 Å². The second-order valence-corrected chi connectivity index (χ2v) is 7.91. The molecule has 0 saturated heterocycles. The highest BCUT2D eigenvalue weighted by Gasteiger charge is 2.49. The van der Waals surface area contributed by atoms with Crippen LogP contribution in [0.15, 0.2) is 0 Å². The van der Waals surface area contributed by atoms with Gasteiger partial charge in [-0.2, -0.15) is 0 Å². The van der Waals surface area contributed by atoms with Gasteiger partial charge in [-0.3, -0.25) is 9.59 Å². The molecule has 1 atom stereocenters. The maximum absolute atomic E-state index is 12.1. The highest BCUT2D eigenvalue weighted by atomic mass is 28.4. The molecule has 100 valence electrons. The molecule has 4 nitrogen and oxygen atoms in total. The van der Waals surface area contributed by atoms with Gasteiger partial charge in [0.25, 0.3) is 0 Å². The minimum absolute atomic E-state index is 0.0310. The smallest absolute Gasteiger partial charge is 0.355 e. The number of carbonyl (C=O) groups is 2. The van der Waals surface area contributed by atoms with Gasteiger partial charge >= 0.3 is 8.56 Å². The van der Waals surface area contributed by atoms with Crippen molar-refractivity contribution in [3.8, 4) is 0 Å². The molecule has 0 aromatic carbocycles. The normalized spacial score (nSPS) is 13.5. The molecule has 0 saturated carbocycles. The van der Waals surface area contributed by atoms with Crippen molar-refractivity contribution in [2.24, 2.45) is 0 Å². The highest BCUT2D eigenvalue weighted by Crippen LogP contribution is 2.30. The van der Waals surface area contributed by atoms with Crippen LogP contribution in [-0.4, -0.2) is 34.3 Å². The molecule has 0 amide bonds. The van der Waals surface area contributed by atoms with Crippen molar-refractivity contribution in [3.63, 3.8) is 0 Å². The molecule has 0 spiro atoms. The Bertz CT molecular complexity index is 253. The predicted octanol–water partition coefficient (Wildman–Crippen LogP) is 2.46. The summed E-state index contributed by atoms with van der Waals surface area (Å²) in [5.41, 5.74) is -0.686. The van der Waals surface area contributed by atoms with Crippen LogP contribution in [0.5, 0.6) is 0 Å². The molecule has 0 heterocycles. The van der Waals surface area contributed by atoms with Crippen molar-refractivity contribution >= 4 is 20.1 Å². The number of hydrogen-bond donors (Lipinski definition) is 0. The fourth-order valence-corrected chi connectivity index (χ4v) is 4.97. The van der Waals surface area contributed by atoms with E-state index in [-0.39, 0.29) is 11.6 Å². The van der Waals surface area contributed by atoms with Gasteiger partial charge in [0, 0.05) is 20.6 Å². The van der Waals surface area contributed by atoms with Crippen molar-refractivity contribution in [1.82, 2.24) is 0 Å². The van der Waals surface area contributed by atoms with E-state index in [0.29, 0.717) is 12.5 Å². The lowest BCUT2D eigenvalue weighted by Crippen LogP contribution is -2.50. The number of unbranched alkanes of at least 4 members (excludes halogenated alkanes) is 1. The molecule has 17 heavy (non-hydrogen) atoms. The summed E-state index contributed by atoms with van der Waals surface area (Å²) in [5.74, 6) is -0.167. The van der Waals surface area contributed by atoms with E-state index >= 15 is 0 Å². The van der Waals surface area contributed by atoms with E-state index in [1.807, 2.05) is 13.8 Å². The Kier molecular flexibility index (Phi) is 7.50. The van der Waals surface area contributed by atoms with Gasteiger partial charge in [0.05, 0.1) is 0 Å². The molecule has 0 bridgehead atoms. The lowest BCUT2D eigenvalue weighted by Gasteiger charge is -2.31. The third-order valence-electron chi connectivity index (χ3n) is 3.13. The Morgan fingerprint density at radius 2 is 1.71 bits per heavy atom. The standard InChI is InChI=1S/C12H24O4Si/c1-6-8-9-11(14)12(10(3)13)17(7-2,15-4)16-5/h12H,6-9H2,1-5H3. The van der Waals surface area contributed by atoms with Crippen molar-refractivity contribution in [1.29, 1.82) is 0 Å². The lowest BCUT2D eigenvalue weighted by molar-refractivity contribution is -0.127. The molecular formula is C12H24O4Si. The molecule has 0 aromatic heterocycles. The van der Waals surface area contributed by atoms with E-state index in [4.69, 9.17) is 8.85 Å². The average molecular weight is 260 g/mol. The molecule has 0 rings (SSSR count). The fraction of sp³-hybridized carbons (Fsp3) is 0.833. The van der Waals surface area contributed by atoms with Gasteiger partial charge in [0.15, 0.2) is 0 Å². The average Bonchev–Trinajstić information content (AvgIpc) is 2.32. The second kappa shape index (κ2) is 7.74. The lowest BCUT2D eigenvalue weighted by atomic mass is 10.1. The Balaban J connectivity index is 5.05. The zero-order valence-electron chi connectivity index (χ0n) is 11.5. The maximum atomic E-state index is 12.1. The van der Waals surface area contributed by atoms with E-state index in [1.54, 1.807) is 0 Å². The largest absolute Gasteiger partial charge is 0.397 e. The third-order valence-corrected chi connectivity index (χ3v) is 7.10. The first-order valence-corrected chi connectivity index (χ1v) is 8.22. The van der Waals surface area contributed by atoms with Gasteiger partial charge in [-0.05, 0) is 19.4 Å². The summed E-state index contributed by atoms with van der Waals surface area (Å²) in [7, 11) is 0.338. The van der Waals surface area contributed by atoms with Gasteiger partial charge in [-0.15, -0.1) is 0 Å². The van der Waals surface area contributed by atoms with Gasteiger partial charge in [0.2, 0.25) is 0 Å². The SMILES string of the molecule is CCCCC(=O)C(C(C)=O)[Si](CC)(OC)OC. The first-order chi connectivity index (χ1) is 7.98. The molecule has 0 radical (unpaired) electrons. The van der Waals surface area contributed by atoms with Crippen molar-refractivity contribution in [2.75, 3.05) is 14.2 Å². The second-order valence-electron chi connectivity index (χ2n) is 4.19. The van der Waals surface area contributed by atoms with Crippen molar-refractivity contribution in [3.05, 3.63) is 0 Å². The molecule has 0 aromatic rings.